The molecule has 2 N–H and O–H groups in total. The number of aromatic carboxylic acids is 1. The molecule has 0 saturated carbocycles. The molecule has 1 aromatic rings. The number of nitrogens with one attached hydrogen (secondary N) is 1. The van der Waals surface area contributed by atoms with Gasteiger partial charge in [-0.2, -0.15) is 0 Å². The van der Waals surface area contributed by atoms with E-state index in [4.69, 9.17) is 9.84 Å². The van der Waals surface area contributed by atoms with Gasteiger partial charge in [0.05, 0.1) is 18.3 Å². The Bertz CT molecular complexity index is 355. The van der Waals surface area contributed by atoms with Crippen molar-refractivity contribution >= 4 is 5.97 Å². The van der Waals surface area contributed by atoms with Crippen molar-refractivity contribution < 1.29 is 14.6 Å². The number of carbonyl (C=O) groups is 1. The smallest absolute Gasteiger partial charge is 0.335 e. The Hall–Kier alpha value is -1.39. The van der Waals surface area contributed by atoms with E-state index in [-0.39, 0.29) is 6.10 Å². The second-order valence-corrected chi connectivity index (χ2v) is 3.90. The third-order valence-electron chi connectivity index (χ3n) is 2.67. The summed E-state index contributed by atoms with van der Waals surface area (Å²) in [6, 6.07) is 6.96. The first-order valence-corrected chi connectivity index (χ1v) is 5.40. The number of morpholine rings is 1. The molecule has 1 unspecified atom stereocenters. The van der Waals surface area contributed by atoms with E-state index in [1.165, 1.54) is 0 Å². The fourth-order valence-electron chi connectivity index (χ4n) is 1.80. The molecule has 1 aliphatic heterocycles. The Balaban J connectivity index is 1.96. The zero-order valence-electron chi connectivity index (χ0n) is 8.98. The van der Waals surface area contributed by atoms with Gasteiger partial charge in [-0.15, -0.1) is 0 Å². The van der Waals surface area contributed by atoms with Crippen LogP contribution in [-0.2, 0) is 11.2 Å². The Morgan fingerprint density at radius 1 is 1.44 bits per heavy atom. The molecule has 0 amide bonds. The largest absolute Gasteiger partial charge is 0.478 e. The molecule has 1 heterocycles. The van der Waals surface area contributed by atoms with Crippen LogP contribution in [0.3, 0.4) is 0 Å². The monoisotopic (exact) mass is 221 g/mol. The molecule has 86 valence electrons. The van der Waals surface area contributed by atoms with E-state index in [9.17, 15) is 4.79 Å². The molecule has 2 rings (SSSR count). The lowest BCUT2D eigenvalue weighted by Crippen LogP contribution is -2.39. The average Bonchev–Trinajstić information content (AvgIpc) is 2.31. The maximum absolute atomic E-state index is 10.7. The Labute approximate surface area is 94.2 Å². The number of benzene rings is 1. The van der Waals surface area contributed by atoms with E-state index in [0.29, 0.717) is 5.56 Å². The minimum Gasteiger partial charge on any atom is -0.478 e. The van der Waals surface area contributed by atoms with E-state index < -0.39 is 5.97 Å². The zero-order chi connectivity index (χ0) is 11.4. The van der Waals surface area contributed by atoms with Crippen LogP contribution in [0.1, 0.15) is 15.9 Å². The molecule has 1 aliphatic rings. The molecule has 1 saturated heterocycles. The van der Waals surface area contributed by atoms with E-state index in [1.807, 2.05) is 12.1 Å². The molecule has 16 heavy (non-hydrogen) atoms. The zero-order valence-corrected chi connectivity index (χ0v) is 8.98. The summed E-state index contributed by atoms with van der Waals surface area (Å²) in [6.45, 7) is 2.52. The molecule has 0 radical (unpaired) electrons. The van der Waals surface area contributed by atoms with Crippen molar-refractivity contribution in [2.24, 2.45) is 0 Å². The number of ether oxygens (including phenoxy) is 1. The number of rotatable bonds is 3. The van der Waals surface area contributed by atoms with Gasteiger partial charge in [-0.1, -0.05) is 12.1 Å². The fourth-order valence-corrected chi connectivity index (χ4v) is 1.80. The molecule has 0 aliphatic carbocycles. The normalized spacial score (nSPS) is 20.6. The molecular weight excluding hydrogens is 206 g/mol. The highest BCUT2D eigenvalue weighted by Gasteiger charge is 2.13. The lowest BCUT2D eigenvalue weighted by Gasteiger charge is -2.23. The Kier molecular flexibility index (Phi) is 3.54. The van der Waals surface area contributed by atoms with Gasteiger partial charge in [-0.05, 0) is 24.1 Å². The van der Waals surface area contributed by atoms with Crippen molar-refractivity contribution in [3.05, 3.63) is 35.4 Å². The van der Waals surface area contributed by atoms with E-state index >= 15 is 0 Å². The van der Waals surface area contributed by atoms with Crippen molar-refractivity contribution in [1.82, 2.24) is 5.32 Å². The number of hydrogen-bond acceptors (Lipinski definition) is 3. The van der Waals surface area contributed by atoms with Crippen molar-refractivity contribution in [2.45, 2.75) is 12.5 Å². The third-order valence-corrected chi connectivity index (χ3v) is 2.67. The minimum atomic E-state index is -0.887. The average molecular weight is 221 g/mol. The molecule has 4 nitrogen and oxygen atoms in total. The van der Waals surface area contributed by atoms with Crippen molar-refractivity contribution in [2.75, 3.05) is 19.7 Å². The lowest BCUT2D eigenvalue weighted by molar-refractivity contribution is 0.0292. The summed E-state index contributed by atoms with van der Waals surface area (Å²) < 4.78 is 5.58. The highest BCUT2D eigenvalue weighted by Crippen LogP contribution is 2.09. The maximum Gasteiger partial charge on any atom is 0.335 e. The van der Waals surface area contributed by atoms with E-state index in [0.717, 1.165) is 31.7 Å². The Morgan fingerprint density at radius 2 is 2.19 bits per heavy atom. The molecule has 0 spiro atoms. The van der Waals surface area contributed by atoms with Gasteiger partial charge in [0.2, 0.25) is 0 Å². The highest BCUT2D eigenvalue weighted by molar-refractivity contribution is 5.87. The molecule has 4 heteroatoms. The first-order chi connectivity index (χ1) is 7.75. The second kappa shape index (κ2) is 5.09. The SMILES string of the molecule is O=C(O)c1ccc(CC2CNCCO2)cc1. The van der Waals surface area contributed by atoms with Crippen molar-refractivity contribution in [1.29, 1.82) is 0 Å². The predicted octanol–water partition coefficient (Wildman–Crippen LogP) is 0.916. The lowest BCUT2D eigenvalue weighted by atomic mass is 10.1. The van der Waals surface area contributed by atoms with Crippen LogP contribution in [0, 0.1) is 0 Å². The van der Waals surface area contributed by atoms with Gasteiger partial charge in [0.1, 0.15) is 0 Å². The van der Waals surface area contributed by atoms with Gasteiger partial charge < -0.3 is 15.2 Å². The van der Waals surface area contributed by atoms with Crippen LogP contribution in [0.2, 0.25) is 0 Å². The van der Waals surface area contributed by atoms with Crippen molar-refractivity contribution in [3.8, 4) is 0 Å². The number of hydrogen-bond donors (Lipinski definition) is 2. The number of carboxylic acid groups (broad SMARTS) is 1. The summed E-state index contributed by atoms with van der Waals surface area (Å²) in [6.07, 6.45) is 1.02. The summed E-state index contributed by atoms with van der Waals surface area (Å²) in [7, 11) is 0. The summed E-state index contributed by atoms with van der Waals surface area (Å²) in [5, 5.41) is 12.0. The Morgan fingerprint density at radius 3 is 2.75 bits per heavy atom. The highest BCUT2D eigenvalue weighted by atomic mass is 16.5. The van der Waals surface area contributed by atoms with Gasteiger partial charge in [0.25, 0.3) is 0 Å². The third kappa shape index (κ3) is 2.81. The summed E-state index contributed by atoms with van der Waals surface area (Å²) in [4.78, 5) is 10.7. The van der Waals surface area contributed by atoms with Crippen LogP contribution >= 0.6 is 0 Å². The molecule has 1 fully saturated rings. The standard InChI is InChI=1S/C12H15NO3/c14-12(15)10-3-1-9(2-4-10)7-11-8-13-5-6-16-11/h1-4,11,13H,5-8H2,(H,14,15). The summed E-state index contributed by atoms with van der Waals surface area (Å²) in [5.74, 6) is -0.887. The van der Waals surface area contributed by atoms with Crippen LogP contribution in [-0.4, -0.2) is 36.9 Å². The first-order valence-electron chi connectivity index (χ1n) is 5.40. The molecule has 1 atom stereocenters. The van der Waals surface area contributed by atoms with Gasteiger partial charge in [0, 0.05) is 13.1 Å². The number of carboxylic acids is 1. The summed E-state index contributed by atoms with van der Waals surface area (Å²) >= 11 is 0. The molecule has 0 bridgehead atoms. The first kappa shape index (κ1) is 11.1. The van der Waals surface area contributed by atoms with Crippen molar-refractivity contribution in [3.63, 3.8) is 0 Å². The quantitative estimate of drug-likeness (QED) is 0.796. The fraction of sp³-hybridized carbons (Fsp3) is 0.417. The maximum atomic E-state index is 10.7. The van der Waals surface area contributed by atoms with Crippen LogP contribution in [0.5, 0.6) is 0 Å². The topological polar surface area (TPSA) is 58.6 Å². The van der Waals surface area contributed by atoms with Crippen LogP contribution in [0.4, 0.5) is 0 Å². The molecule has 1 aromatic carbocycles. The van der Waals surface area contributed by atoms with Gasteiger partial charge >= 0.3 is 5.97 Å². The predicted molar refractivity (Wildman–Crippen MR) is 59.7 cm³/mol. The second-order valence-electron chi connectivity index (χ2n) is 3.90. The van der Waals surface area contributed by atoms with Gasteiger partial charge in [-0.25, -0.2) is 4.79 Å². The minimum absolute atomic E-state index is 0.199. The van der Waals surface area contributed by atoms with Crippen LogP contribution in [0.15, 0.2) is 24.3 Å². The van der Waals surface area contributed by atoms with Crippen LogP contribution < -0.4 is 5.32 Å². The van der Waals surface area contributed by atoms with E-state index in [1.54, 1.807) is 12.1 Å². The van der Waals surface area contributed by atoms with Crippen LogP contribution in [0.25, 0.3) is 0 Å². The van der Waals surface area contributed by atoms with Gasteiger partial charge in [-0.3, -0.25) is 0 Å². The molecule has 0 aromatic heterocycles. The molecular formula is C12H15NO3. The summed E-state index contributed by atoms with van der Waals surface area (Å²) in [5.41, 5.74) is 1.44. The van der Waals surface area contributed by atoms with E-state index in [2.05, 4.69) is 5.32 Å². The van der Waals surface area contributed by atoms with Gasteiger partial charge in [0.15, 0.2) is 0 Å².